The molecule has 0 spiro atoms. The number of nitrogens with one attached hydrogen (secondary N) is 1. The number of amides is 1. The number of rotatable bonds is 5. The Bertz CT molecular complexity index is 1230. The van der Waals surface area contributed by atoms with Gasteiger partial charge in [0.2, 0.25) is 5.91 Å². The number of fused-ring (bicyclic) bond motifs is 1. The predicted molar refractivity (Wildman–Crippen MR) is 101 cm³/mol. The van der Waals surface area contributed by atoms with Crippen LogP contribution >= 0.6 is 0 Å². The lowest BCUT2D eigenvalue weighted by molar-refractivity contribution is 0.0689. The highest BCUT2D eigenvalue weighted by Crippen LogP contribution is 2.30. The molecule has 0 radical (unpaired) electrons. The second kappa shape index (κ2) is 6.34. The van der Waals surface area contributed by atoms with E-state index in [1.807, 2.05) is 6.92 Å². The molecule has 4 aromatic rings. The molecule has 1 aromatic carbocycles. The first-order chi connectivity index (χ1) is 13.4. The zero-order chi connectivity index (χ0) is 20.0. The normalized spacial score (nSPS) is 11.2. The number of carboxylic acid groups (broad SMARTS) is 1. The van der Waals surface area contributed by atoms with Crippen LogP contribution in [0.25, 0.3) is 33.7 Å². The van der Waals surface area contributed by atoms with Gasteiger partial charge in [-0.1, -0.05) is 0 Å². The largest absolute Gasteiger partial charge is 0.476 e. The predicted octanol–water partition coefficient (Wildman–Crippen LogP) is 1.64. The van der Waals surface area contributed by atoms with Crippen molar-refractivity contribution in [2.24, 2.45) is 12.8 Å². The summed E-state index contributed by atoms with van der Waals surface area (Å²) >= 11 is 0. The van der Waals surface area contributed by atoms with E-state index >= 15 is 0 Å². The minimum absolute atomic E-state index is 0.0432. The number of aromatic carboxylic acids is 1. The fourth-order valence-corrected chi connectivity index (χ4v) is 3.15. The Balaban J connectivity index is 1.87. The molecule has 0 bridgehead atoms. The lowest BCUT2D eigenvalue weighted by Gasteiger charge is -2.05. The van der Waals surface area contributed by atoms with Crippen LogP contribution in [0.3, 0.4) is 0 Å². The number of primary amides is 1. The molecule has 4 rings (SSSR count). The molecule has 0 saturated carbocycles. The molecule has 4 N–H and O–H groups in total. The summed E-state index contributed by atoms with van der Waals surface area (Å²) in [5, 5.41) is 18.3. The van der Waals surface area contributed by atoms with E-state index < -0.39 is 11.9 Å². The average Bonchev–Trinajstić information content (AvgIpc) is 3.38. The number of carboxylic acids is 1. The molecule has 0 fully saturated rings. The molecule has 0 saturated heterocycles. The van der Waals surface area contributed by atoms with Crippen LogP contribution in [-0.4, -0.2) is 46.5 Å². The first-order valence-electron chi connectivity index (χ1n) is 8.51. The van der Waals surface area contributed by atoms with Crippen LogP contribution in [0.15, 0.2) is 30.6 Å². The van der Waals surface area contributed by atoms with Gasteiger partial charge in [0.05, 0.1) is 29.3 Å². The van der Waals surface area contributed by atoms with Gasteiger partial charge in [-0.2, -0.15) is 10.2 Å². The summed E-state index contributed by atoms with van der Waals surface area (Å²) in [7, 11) is 1.78. The maximum Gasteiger partial charge on any atom is 0.356 e. The molecule has 1 amide bonds. The zero-order valence-corrected chi connectivity index (χ0v) is 15.2. The van der Waals surface area contributed by atoms with E-state index in [0.29, 0.717) is 34.9 Å². The quantitative estimate of drug-likeness (QED) is 0.481. The molecule has 142 valence electrons. The summed E-state index contributed by atoms with van der Waals surface area (Å²) in [4.78, 5) is 30.6. The number of imidazole rings is 1. The average molecular weight is 379 g/mol. The minimum atomic E-state index is -1.10. The van der Waals surface area contributed by atoms with Gasteiger partial charge in [-0.3, -0.25) is 14.2 Å². The SMILES string of the molecule is CCn1nc(C(=O)O)cc1-c1cnc(-c2cc(C(N)=O)cc3c2cnn3C)[nH]1. The zero-order valence-electron chi connectivity index (χ0n) is 15.2. The third-order valence-electron chi connectivity index (χ3n) is 4.56. The van der Waals surface area contributed by atoms with Gasteiger partial charge in [-0.15, -0.1) is 0 Å². The highest BCUT2D eigenvalue weighted by atomic mass is 16.4. The van der Waals surface area contributed by atoms with Crippen molar-refractivity contribution in [3.8, 4) is 22.8 Å². The smallest absolute Gasteiger partial charge is 0.356 e. The molecule has 10 nitrogen and oxygen atoms in total. The number of hydrogen-bond acceptors (Lipinski definition) is 5. The molecule has 10 heteroatoms. The monoisotopic (exact) mass is 379 g/mol. The maximum absolute atomic E-state index is 11.7. The first kappa shape index (κ1) is 17.5. The fraction of sp³-hybridized carbons (Fsp3) is 0.167. The molecule has 3 aromatic heterocycles. The van der Waals surface area contributed by atoms with E-state index in [0.717, 1.165) is 10.9 Å². The molecule has 28 heavy (non-hydrogen) atoms. The summed E-state index contributed by atoms with van der Waals surface area (Å²) in [6.45, 7) is 2.37. The minimum Gasteiger partial charge on any atom is -0.476 e. The van der Waals surface area contributed by atoms with Crippen molar-refractivity contribution in [3.63, 3.8) is 0 Å². The molecule has 0 unspecified atom stereocenters. The Morgan fingerprint density at radius 1 is 1.25 bits per heavy atom. The molecule has 0 aliphatic carbocycles. The number of nitrogens with two attached hydrogens (primary N) is 1. The van der Waals surface area contributed by atoms with E-state index in [1.54, 1.807) is 40.9 Å². The van der Waals surface area contributed by atoms with Crippen molar-refractivity contribution in [3.05, 3.63) is 41.9 Å². The van der Waals surface area contributed by atoms with Crippen molar-refractivity contribution in [2.45, 2.75) is 13.5 Å². The number of benzene rings is 1. The van der Waals surface area contributed by atoms with Gasteiger partial charge in [0.15, 0.2) is 5.69 Å². The van der Waals surface area contributed by atoms with Gasteiger partial charge >= 0.3 is 5.97 Å². The summed E-state index contributed by atoms with van der Waals surface area (Å²) in [6.07, 6.45) is 3.29. The summed E-state index contributed by atoms with van der Waals surface area (Å²) in [5.41, 5.74) is 8.40. The van der Waals surface area contributed by atoms with Gasteiger partial charge in [0.1, 0.15) is 5.82 Å². The fourth-order valence-electron chi connectivity index (χ4n) is 3.15. The molecule has 3 heterocycles. The number of nitrogens with zero attached hydrogens (tertiary/aromatic N) is 5. The number of hydrogen-bond donors (Lipinski definition) is 3. The van der Waals surface area contributed by atoms with Crippen LogP contribution in [-0.2, 0) is 13.6 Å². The Hall–Kier alpha value is -3.95. The molecular weight excluding hydrogens is 362 g/mol. The molecule has 0 aliphatic heterocycles. The number of carbonyl (C=O) groups excluding carboxylic acids is 1. The van der Waals surface area contributed by atoms with E-state index in [-0.39, 0.29) is 5.69 Å². The number of aromatic amines is 1. The number of aromatic nitrogens is 6. The highest BCUT2D eigenvalue weighted by Gasteiger charge is 2.18. The van der Waals surface area contributed by atoms with Crippen LogP contribution in [0, 0.1) is 0 Å². The summed E-state index contributed by atoms with van der Waals surface area (Å²) < 4.78 is 3.24. The van der Waals surface area contributed by atoms with Gasteiger partial charge in [-0.25, -0.2) is 9.78 Å². The number of aryl methyl sites for hydroxylation is 2. The summed E-state index contributed by atoms with van der Waals surface area (Å²) in [6, 6.07) is 4.83. The van der Waals surface area contributed by atoms with Gasteiger partial charge in [0, 0.05) is 36.2 Å². The van der Waals surface area contributed by atoms with E-state index in [9.17, 15) is 14.7 Å². The highest BCUT2D eigenvalue weighted by molar-refractivity contribution is 6.02. The number of H-pyrrole nitrogens is 1. The maximum atomic E-state index is 11.7. The second-order valence-electron chi connectivity index (χ2n) is 6.27. The lowest BCUT2D eigenvalue weighted by atomic mass is 10.1. The first-order valence-corrected chi connectivity index (χ1v) is 8.51. The van der Waals surface area contributed by atoms with Crippen molar-refractivity contribution in [1.29, 1.82) is 0 Å². The van der Waals surface area contributed by atoms with Crippen molar-refractivity contribution in [2.75, 3.05) is 0 Å². The van der Waals surface area contributed by atoms with Crippen LogP contribution in [0.4, 0.5) is 0 Å². The Morgan fingerprint density at radius 2 is 2.04 bits per heavy atom. The van der Waals surface area contributed by atoms with E-state index in [4.69, 9.17) is 5.73 Å². The van der Waals surface area contributed by atoms with Crippen molar-refractivity contribution in [1.82, 2.24) is 29.5 Å². The Kier molecular flexibility index (Phi) is 3.95. The third-order valence-corrected chi connectivity index (χ3v) is 4.56. The third kappa shape index (κ3) is 2.71. The van der Waals surface area contributed by atoms with Gasteiger partial charge in [0.25, 0.3) is 0 Å². The molecular formula is C18H17N7O3. The lowest BCUT2D eigenvalue weighted by Crippen LogP contribution is -2.11. The molecule has 0 atom stereocenters. The van der Waals surface area contributed by atoms with Crippen LogP contribution < -0.4 is 5.73 Å². The van der Waals surface area contributed by atoms with Crippen LogP contribution in [0.1, 0.15) is 27.8 Å². The topological polar surface area (TPSA) is 145 Å². The number of carbonyl (C=O) groups is 2. The van der Waals surface area contributed by atoms with Crippen LogP contribution in [0.2, 0.25) is 0 Å². The standard InChI is InChI=1S/C18H17N7O3/c1-3-25-15(6-12(23-25)18(27)28)13-8-20-17(22-13)10-4-9(16(19)26)5-14-11(10)7-21-24(14)2/h4-8H,3H2,1-2H3,(H2,19,26)(H,20,22)(H,27,28). The van der Waals surface area contributed by atoms with Crippen molar-refractivity contribution < 1.29 is 14.7 Å². The van der Waals surface area contributed by atoms with Gasteiger partial charge in [-0.05, 0) is 19.1 Å². The van der Waals surface area contributed by atoms with Crippen molar-refractivity contribution >= 4 is 22.8 Å². The Labute approximate surface area is 158 Å². The molecule has 0 aliphatic rings. The van der Waals surface area contributed by atoms with Gasteiger partial charge < -0.3 is 15.8 Å². The van der Waals surface area contributed by atoms with E-state index in [2.05, 4.69) is 20.2 Å². The summed E-state index contributed by atoms with van der Waals surface area (Å²) in [5.74, 6) is -1.14. The van der Waals surface area contributed by atoms with E-state index in [1.165, 1.54) is 6.07 Å². The second-order valence-corrected chi connectivity index (χ2v) is 6.27. The van der Waals surface area contributed by atoms with Crippen LogP contribution in [0.5, 0.6) is 0 Å². The Morgan fingerprint density at radius 3 is 2.71 bits per heavy atom.